The van der Waals surface area contributed by atoms with Gasteiger partial charge in [0.15, 0.2) is 0 Å². The molecule has 1 atom stereocenters. The molecule has 0 aliphatic carbocycles. The molecule has 2 nitrogen and oxygen atoms in total. The summed E-state index contributed by atoms with van der Waals surface area (Å²) < 4.78 is 0. The number of hydrogen-bond acceptors (Lipinski definition) is 1. The van der Waals surface area contributed by atoms with Crippen molar-refractivity contribution in [2.45, 2.75) is 90.9 Å². The number of carboxylic acids is 1. The summed E-state index contributed by atoms with van der Waals surface area (Å²) in [5.74, 6) is 0.109. The van der Waals surface area contributed by atoms with Gasteiger partial charge in [0.1, 0.15) is 0 Å². The molecular formula is C18H34O2. The smallest absolute Gasteiger partial charge is 0.303 e. The Kier molecular flexibility index (Phi) is 14.0. The van der Waals surface area contributed by atoms with Crippen molar-refractivity contribution in [1.29, 1.82) is 0 Å². The van der Waals surface area contributed by atoms with Crippen molar-refractivity contribution in [1.82, 2.24) is 0 Å². The molecule has 0 bridgehead atoms. The molecule has 0 saturated carbocycles. The van der Waals surface area contributed by atoms with Gasteiger partial charge in [0.2, 0.25) is 0 Å². The van der Waals surface area contributed by atoms with Crippen molar-refractivity contribution >= 4 is 5.97 Å². The Bertz CT molecular complexity index is 246. The van der Waals surface area contributed by atoms with E-state index in [4.69, 9.17) is 5.11 Å². The van der Waals surface area contributed by atoms with Gasteiger partial charge in [0, 0.05) is 6.42 Å². The molecule has 0 rings (SSSR count). The molecule has 0 aliphatic rings. The second-order valence-corrected chi connectivity index (χ2v) is 6.01. The molecule has 0 fully saturated rings. The highest BCUT2D eigenvalue weighted by atomic mass is 16.4. The van der Waals surface area contributed by atoms with Crippen molar-refractivity contribution in [3.8, 4) is 0 Å². The maximum atomic E-state index is 10.3. The Labute approximate surface area is 125 Å². The summed E-state index contributed by atoms with van der Waals surface area (Å²) in [6.45, 7) is 4.59. The topological polar surface area (TPSA) is 37.3 Å². The maximum Gasteiger partial charge on any atom is 0.303 e. The van der Waals surface area contributed by atoms with Crippen LogP contribution in [0.3, 0.4) is 0 Å². The summed E-state index contributed by atoms with van der Waals surface area (Å²) in [4.78, 5) is 10.3. The van der Waals surface area contributed by atoms with Gasteiger partial charge in [-0.05, 0) is 31.6 Å². The Morgan fingerprint density at radius 2 is 1.70 bits per heavy atom. The number of rotatable bonds is 14. The molecule has 0 heterocycles. The lowest BCUT2D eigenvalue weighted by Gasteiger charge is -2.08. The average molecular weight is 282 g/mol. The molecule has 0 spiro atoms. The lowest BCUT2D eigenvalue weighted by Crippen LogP contribution is -1.93. The van der Waals surface area contributed by atoms with Crippen LogP contribution < -0.4 is 0 Å². The molecular weight excluding hydrogens is 248 g/mol. The first-order valence-electron chi connectivity index (χ1n) is 8.53. The SMILES string of the molecule is CCCCCCCCC(C)C/C=C\CCCCC(=O)O. The van der Waals surface area contributed by atoms with E-state index < -0.39 is 5.97 Å². The van der Waals surface area contributed by atoms with Gasteiger partial charge in [-0.3, -0.25) is 4.79 Å². The van der Waals surface area contributed by atoms with E-state index in [1.54, 1.807) is 0 Å². The second-order valence-electron chi connectivity index (χ2n) is 6.01. The van der Waals surface area contributed by atoms with Gasteiger partial charge in [-0.25, -0.2) is 0 Å². The van der Waals surface area contributed by atoms with E-state index in [2.05, 4.69) is 26.0 Å². The monoisotopic (exact) mass is 282 g/mol. The van der Waals surface area contributed by atoms with Crippen LogP contribution in [-0.2, 0) is 4.79 Å². The Morgan fingerprint density at radius 1 is 1.00 bits per heavy atom. The number of unbranched alkanes of at least 4 members (excludes halogenated alkanes) is 7. The van der Waals surface area contributed by atoms with Crippen molar-refractivity contribution in [3.63, 3.8) is 0 Å². The second kappa shape index (κ2) is 14.6. The Hall–Kier alpha value is -0.790. The first-order chi connectivity index (χ1) is 9.66. The quantitative estimate of drug-likeness (QED) is 0.315. The van der Waals surface area contributed by atoms with Gasteiger partial charge in [-0.1, -0.05) is 70.9 Å². The van der Waals surface area contributed by atoms with Gasteiger partial charge >= 0.3 is 5.97 Å². The summed E-state index contributed by atoms with van der Waals surface area (Å²) in [7, 11) is 0. The molecule has 118 valence electrons. The van der Waals surface area contributed by atoms with Gasteiger partial charge in [0.05, 0.1) is 0 Å². The van der Waals surface area contributed by atoms with E-state index in [1.165, 1.54) is 51.4 Å². The average Bonchev–Trinajstić information content (AvgIpc) is 2.41. The minimum atomic E-state index is -0.679. The van der Waals surface area contributed by atoms with Crippen LogP contribution in [0.1, 0.15) is 90.9 Å². The molecule has 20 heavy (non-hydrogen) atoms. The summed E-state index contributed by atoms with van der Waals surface area (Å²) >= 11 is 0. The molecule has 0 aromatic rings. The normalized spacial score (nSPS) is 12.9. The number of carbonyl (C=O) groups is 1. The maximum absolute atomic E-state index is 10.3. The fraction of sp³-hybridized carbons (Fsp3) is 0.833. The van der Waals surface area contributed by atoms with Gasteiger partial charge in [-0.15, -0.1) is 0 Å². The highest BCUT2D eigenvalue weighted by Crippen LogP contribution is 2.15. The minimum absolute atomic E-state index is 0.308. The van der Waals surface area contributed by atoms with Crippen molar-refractivity contribution < 1.29 is 9.90 Å². The van der Waals surface area contributed by atoms with Crippen LogP contribution >= 0.6 is 0 Å². The summed E-state index contributed by atoms with van der Waals surface area (Å²) in [5.41, 5.74) is 0. The van der Waals surface area contributed by atoms with Crippen LogP contribution in [0.4, 0.5) is 0 Å². The fourth-order valence-electron chi connectivity index (χ4n) is 2.38. The molecule has 0 amide bonds. The zero-order valence-electron chi connectivity index (χ0n) is 13.6. The number of hydrogen-bond donors (Lipinski definition) is 1. The van der Waals surface area contributed by atoms with E-state index in [-0.39, 0.29) is 0 Å². The van der Waals surface area contributed by atoms with Crippen molar-refractivity contribution in [2.24, 2.45) is 5.92 Å². The summed E-state index contributed by atoms with van der Waals surface area (Å²) in [6, 6.07) is 0. The standard InChI is InChI=1S/C18H34O2/c1-3-4-5-6-8-11-14-17(2)15-12-9-7-10-13-16-18(19)20/h9,12,17H,3-8,10-11,13-16H2,1-2H3,(H,19,20)/b12-9-. The minimum Gasteiger partial charge on any atom is -0.481 e. The lowest BCUT2D eigenvalue weighted by atomic mass is 9.98. The molecule has 2 heteroatoms. The largest absolute Gasteiger partial charge is 0.481 e. The van der Waals surface area contributed by atoms with Crippen molar-refractivity contribution in [2.75, 3.05) is 0 Å². The van der Waals surface area contributed by atoms with Crippen LogP contribution in [0.15, 0.2) is 12.2 Å². The Balaban J connectivity index is 3.30. The number of allylic oxidation sites excluding steroid dienone is 2. The highest BCUT2D eigenvalue weighted by molar-refractivity contribution is 5.66. The zero-order chi connectivity index (χ0) is 15.1. The zero-order valence-corrected chi connectivity index (χ0v) is 13.6. The van der Waals surface area contributed by atoms with E-state index in [9.17, 15) is 4.79 Å². The van der Waals surface area contributed by atoms with Gasteiger partial charge in [0.25, 0.3) is 0 Å². The molecule has 1 unspecified atom stereocenters. The number of aliphatic carboxylic acids is 1. The molecule has 1 N–H and O–H groups in total. The van der Waals surface area contributed by atoms with E-state index in [0.717, 1.165) is 25.2 Å². The van der Waals surface area contributed by atoms with Crippen molar-refractivity contribution in [3.05, 3.63) is 12.2 Å². The van der Waals surface area contributed by atoms with E-state index in [1.807, 2.05) is 0 Å². The highest BCUT2D eigenvalue weighted by Gasteiger charge is 1.99. The lowest BCUT2D eigenvalue weighted by molar-refractivity contribution is -0.137. The van der Waals surface area contributed by atoms with Crippen LogP contribution in [-0.4, -0.2) is 11.1 Å². The summed E-state index contributed by atoms with van der Waals surface area (Å²) in [6.07, 6.45) is 18.4. The third kappa shape index (κ3) is 15.3. The van der Waals surface area contributed by atoms with Gasteiger partial charge < -0.3 is 5.11 Å². The molecule has 0 aromatic carbocycles. The van der Waals surface area contributed by atoms with Crippen LogP contribution in [0.25, 0.3) is 0 Å². The molecule has 0 aliphatic heterocycles. The van der Waals surface area contributed by atoms with Gasteiger partial charge in [-0.2, -0.15) is 0 Å². The van der Waals surface area contributed by atoms with Crippen LogP contribution in [0, 0.1) is 5.92 Å². The first kappa shape index (κ1) is 19.2. The summed E-state index contributed by atoms with van der Waals surface area (Å²) in [5, 5.41) is 8.52. The molecule has 0 saturated heterocycles. The third-order valence-electron chi connectivity index (χ3n) is 3.77. The fourth-order valence-corrected chi connectivity index (χ4v) is 2.38. The predicted molar refractivity (Wildman–Crippen MR) is 87.0 cm³/mol. The predicted octanol–water partition coefficient (Wildman–Crippen LogP) is 5.96. The molecule has 0 aromatic heterocycles. The van der Waals surface area contributed by atoms with E-state index in [0.29, 0.717) is 6.42 Å². The third-order valence-corrected chi connectivity index (χ3v) is 3.77. The molecule has 0 radical (unpaired) electrons. The van der Waals surface area contributed by atoms with Crippen LogP contribution in [0.5, 0.6) is 0 Å². The van der Waals surface area contributed by atoms with Crippen LogP contribution in [0.2, 0.25) is 0 Å². The Morgan fingerprint density at radius 3 is 2.40 bits per heavy atom. The first-order valence-corrected chi connectivity index (χ1v) is 8.53. The number of carboxylic acid groups (broad SMARTS) is 1. The van der Waals surface area contributed by atoms with E-state index >= 15 is 0 Å².